The van der Waals surface area contributed by atoms with Crippen LogP contribution in [0.3, 0.4) is 0 Å². The van der Waals surface area contributed by atoms with E-state index in [4.69, 9.17) is 9.84 Å². The Kier molecular flexibility index (Phi) is 4.13. The normalized spacial score (nSPS) is 24.6. The zero-order chi connectivity index (χ0) is 15.6. The van der Waals surface area contributed by atoms with Crippen molar-refractivity contribution in [1.29, 1.82) is 0 Å². The van der Waals surface area contributed by atoms with E-state index in [1.807, 2.05) is 13.8 Å². The largest absolute Gasteiger partial charge is 0.478 e. The van der Waals surface area contributed by atoms with E-state index in [0.29, 0.717) is 13.0 Å². The minimum atomic E-state index is -1.44. The van der Waals surface area contributed by atoms with Gasteiger partial charge in [0.2, 0.25) is 0 Å². The van der Waals surface area contributed by atoms with E-state index in [-0.39, 0.29) is 11.8 Å². The van der Waals surface area contributed by atoms with Gasteiger partial charge >= 0.3 is 12.0 Å². The zero-order valence-electron chi connectivity index (χ0n) is 11.8. The third-order valence-electron chi connectivity index (χ3n) is 3.76. The second kappa shape index (κ2) is 5.69. The minimum absolute atomic E-state index is 0.0878. The van der Waals surface area contributed by atoms with Gasteiger partial charge in [0.1, 0.15) is 11.4 Å². The smallest absolute Gasteiger partial charge is 0.340 e. The summed E-state index contributed by atoms with van der Waals surface area (Å²) in [6.07, 6.45) is 0.492. The van der Waals surface area contributed by atoms with Gasteiger partial charge in [0.15, 0.2) is 0 Å². The average molecular weight is 296 g/mol. The number of hydrogen-bond donors (Lipinski definition) is 3. The maximum absolute atomic E-state index is 13.5. The summed E-state index contributed by atoms with van der Waals surface area (Å²) in [4.78, 5) is 23.1. The summed E-state index contributed by atoms with van der Waals surface area (Å²) < 4.78 is 18.9. The SMILES string of the molecule is CC1OCCC1(C)NC(=O)Nc1cccc(F)c1C(=O)O. The molecule has 21 heavy (non-hydrogen) atoms. The molecule has 0 saturated carbocycles. The fourth-order valence-corrected chi connectivity index (χ4v) is 2.26. The second-order valence-electron chi connectivity index (χ2n) is 5.23. The third-order valence-corrected chi connectivity index (χ3v) is 3.76. The molecule has 1 aliphatic rings. The van der Waals surface area contributed by atoms with Crippen molar-refractivity contribution in [2.24, 2.45) is 0 Å². The Morgan fingerprint density at radius 2 is 2.19 bits per heavy atom. The number of carbonyl (C=O) groups excluding carboxylic acids is 1. The number of carbonyl (C=O) groups is 2. The molecule has 3 N–H and O–H groups in total. The molecular weight excluding hydrogens is 279 g/mol. The molecule has 2 unspecified atom stereocenters. The number of amides is 2. The number of carboxylic acid groups (broad SMARTS) is 1. The standard InChI is InChI=1S/C14H17FN2O4/c1-8-14(2,6-7-21-8)17-13(20)16-10-5-3-4-9(15)11(10)12(18)19/h3-5,8H,6-7H2,1-2H3,(H,18,19)(H2,16,17,20). The molecule has 1 aliphatic heterocycles. The van der Waals surface area contributed by atoms with E-state index in [9.17, 15) is 14.0 Å². The summed E-state index contributed by atoms with van der Waals surface area (Å²) in [6, 6.07) is 3.10. The van der Waals surface area contributed by atoms with Gasteiger partial charge in [-0.2, -0.15) is 0 Å². The summed E-state index contributed by atoms with van der Waals surface area (Å²) in [5, 5.41) is 14.1. The summed E-state index contributed by atoms with van der Waals surface area (Å²) >= 11 is 0. The van der Waals surface area contributed by atoms with Gasteiger partial charge in [0.05, 0.1) is 17.3 Å². The molecule has 6 nitrogen and oxygen atoms in total. The van der Waals surface area contributed by atoms with Crippen LogP contribution in [0.2, 0.25) is 0 Å². The van der Waals surface area contributed by atoms with E-state index >= 15 is 0 Å². The molecule has 114 valence electrons. The van der Waals surface area contributed by atoms with Crippen LogP contribution in [-0.2, 0) is 4.74 Å². The van der Waals surface area contributed by atoms with E-state index < -0.39 is 28.9 Å². The predicted molar refractivity (Wildman–Crippen MR) is 73.9 cm³/mol. The summed E-state index contributed by atoms with van der Waals surface area (Å²) in [5.41, 5.74) is -1.19. The molecule has 7 heteroatoms. The molecular formula is C14H17FN2O4. The Morgan fingerprint density at radius 1 is 1.48 bits per heavy atom. The first-order valence-electron chi connectivity index (χ1n) is 6.56. The molecule has 0 aliphatic carbocycles. The Morgan fingerprint density at radius 3 is 2.76 bits per heavy atom. The molecule has 2 atom stereocenters. The molecule has 2 rings (SSSR count). The number of urea groups is 1. The average Bonchev–Trinajstić information content (AvgIpc) is 2.68. The molecule has 1 aromatic rings. The van der Waals surface area contributed by atoms with Crippen LogP contribution in [0.15, 0.2) is 18.2 Å². The highest BCUT2D eigenvalue weighted by Gasteiger charge is 2.38. The lowest BCUT2D eigenvalue weighted by atomic mass is 9.95. The van der Waals surface area contributed by atoms with Crippen molar-refractivity contribution in [1.82, 2.24) is 5.32 Å². The zero-order valence-corrected chi connectivity index (χ0v) is 11.8. The molecule has 2 amide bonds. The Balaban J connectivity index is 2.14. The van der Waals surface area contributed by atoms with Crippen LogP contribution in [0.25, 0.3) is 0 Å². The van der Waals surface area contributed by atoms with Crippen LogP contribution in [0.1, 0.15) is 30.6 Å². The van der Waals surface area contributed by atoms with Crippen molar-refractivity contribution >= 4 is 17.7 Å². The van der Waals surface area contributed by atoms with Crippen LogP contribution in [0, 0.1) is 5.82 Å². The van der Waals surface area contributed by atoms with Crippen LogP contribution in [-0.4, -0.2) is 35.4 Å². The number of carboxylic acids is 1. The van der Waals surface area contributed by atoms with Crippen molar-refractivity contribution in [2.75, 3.05) is 11.9 Å². The maximum atomic E-state index is 13.5. The van der Waals surface area contributed by atoms with Crippen molar-refractivity contribution < 1.29 is 23.8 Å². The van der Waals surface area contributed by atoms with E-state index in [1.165, 1.54) is 12.1 Å². The lowest BCUT2D eigenvalue weighted by molar-refractivity contribution is 0.0693. The number of rotatable bonds is 3. The predicted octanol–water partition coefficient (Wildman–Crippen LogP) is 2.21. The minimum Gasteiger partial charge on any atom is -0.478 e. The highest BCUT2D eigenvalue weighted by Crippen LogP contribution is 2.25. The maximum Gasteiger partial charge on any atom is 0.340 e. The summed E-state index contributed by atoms with van der Waals surface area (Å²) in [6.45, 7) is 4.23. The van der Waals surface area contributed by atoms with Crippen LogP contribution < -0.4 is 10.6 Å². The number of aromatic carboxylic acids is 1. The van der Waals surface area contributed by atoms with E-state index in [2.05, 4.69) is 10.6 Å². The first-order valence-corrected chi connectivity index (χ1v) is 6.56. The molecule has 0 spiro atoms. The lowest BCUT2D eigenvalue weighted by Gasteiger charge is -2.29. The molecule has 0 radical (unpaired) electrons. The van der Waals surface area contributed by atoms with Gasteiger partial charge in [-0.3, -0.25) is 0 Å². The molecule has 0 bridgehead atoms. The highest BCUT2D eigenvalue weighted by atomic mass is 19.1. The lowest BCUT2D eigenvalue weighted by Crippen LogP contribution is -2.52. The van der Waals surface area contributed by atoms with E-state index in [1.54, 1.807) is 0 Å². The van der Waals surface area contributed by atoms with Crippen LogP contribution >= 0.6 is 0 Å². The first kappa shape index (κ1) is 15.2. The third kappa shape index (κ3) is 3.13. The van der Waals surface area contributed by atoms with Crippen molar-refractivity contribution in [3.8, 4) is 0 Å². The topological polar surface area (TPSA) is 87.7 Å². The van der Waals surface area contributed by atoms with E-state index in [0.717, 1.165) is 6.07 Å². The van der Waals surface area contributed by atoms with Gasteiger partial charge in [-0.25, -0.2) is 14.0 Å². The molecule has 1 aromatic carbocycles. The quantitative estimate of drug-likeness (QED) is 0.798. The molecule has 1 fully saturated rings. The fourth-order valence-electron chi connectivity index (χ4n) is 2.26. The number of halogens is 1. The van der Waals surface area contributed by atoms with Gasteiger partial charge in [0, 0.05) is 6.61 Å². The van der Waals surface area contributed by atoms with Crippen LogP contribution in [0.5, 0.6) is 0 Å². The Labute approximate surface area is 121 Å². The van der Waals surface area contributed by atoms with Gasteiger partial charge in [-0.1, -0.05) is 6.07 Å². The molecule has 0 aromatic heterocycles. The number of anilines is 1. The van der Waals surface area contributed by atoms with Crippen LogP contribution in [0.4, 0.5) is 14.9 Å². The van der Waals surface area contributed by atoms with Crippen molar-refractivity contribution in [3.05, 3.63) is 29.6 Å². The number of benzene rings is 1. The molecule has 1 saturated heterocycles. The van der Waals surface area contributed by atoms with Crippen molar-refractivity contribution in [3.63, 3.8) is 0 Å². The Hall–Kier alpha value is -2.15. The fraction of sp³-hybridized carbons (Fsp3) is 0.429. The van der Waals surface area contributed by atoms with Gasteiger partial charge < -0.3 is 20.5 Å². The van der Waals surface area contributed by atoms with Gasteiger partial charge in [-0.15, -0.1) is 0 Å². The Bertz CT molecular complexity index is 578. The van der Waals surface area contributed by atoms with Gasteiger partial charge in [-0.05, 0) is 32.4 Å². The van der Waals surface area contributed by atoms with Crippen molar-refractivity contribution in [2.45, 2.75) is 31.9 Å². The number of nitrogens with one attached hydrogen (secondary N) is 2. The first-order chi connectivity index (χ1) is 9.83. The summed E-state index contributed by atoms with van der Waals surface area (Å²) in [7, 11) is 0. The number of ether oxygens (including phenoxy) is 1. The second-order valence-corrected chi connectivity index (χ2v) is 5.23. The number of hydrogen-bond acceptors (Lipinski definition) is 3. The van der Waals surface area contributed by atoms with Gasteiger partial charge in [0.25, 0.3) is 0 Å². The summed E-state index contributed by atoms with van der Waals surface area (Å²) in [5.74, 6) is -2.34. The monoisotopic (exact) mass is 296 g/mol. The highest BCUT2D eigenvalue weighted by molar-refractivity contribution is 6.00. The molecule has 1 heterocycles.